The molecule has 1 aliphatic heterocycles. The highest BCUT2D eigenvalue weighted by Gasteiger charge is 2.20. The molecule has 0 spiro atoms. The molecule has 7 nitrogen and oxygen atoms in total. The molecule has 1 aliphatic rings. The Kier molecular flexibility index (Phi) is 5.67. The van der Waals surface area contributed by atoms with Gasteiger partial charge in [0.25, 0.3) is 5.91 Å². The molecule has 1 aromatic carbocycles. The minimum absolute atomic E-state index is 0.0748. The largest absolute Gasteiger partial charge is 0.463 e. The number of carbonyl (C=O) groups is 2. The van der Waals surface area contributed by atoms with Crippen LogP contribution in [0.5, 0.6) is 0 Å². The van der Waals surface area contributed by atoms with E-state index in [0.717, 1.165) is 31.6 Å². The van der Waals surface area contributed by atoms with Crippen LogP contribution in [0, 0.1) is 0 Å². The Morgan fingerprint density at radius 3 is 2.59 bits per heavy atom. The number of hydrogen-bond acceptors (Lipinski definition) is 4. The Morgan fingerprint density at radius 1 is 1.14 bits per heavy atom. The van der Waals surface area contributed by atoms with Crippen LogP contribution in [0.15, 0.2) is 53.1 Å². The Balaban J connectivity index is 1.49. The number of nitrogens with zero attached hydrogens (tertiary/aromatic N) is 3. The van der Waals surface area contributed by atoms with E-state index in [9.17, 15) is 9.59 Å². The molecular weight excluding hydrogens is 392 g/mol. The summed E-state index contributed by atoms with van der Waals surface area (Å²) in [5, 5.41) is 7.85. The van der Waals surface area contributed by atoms with Gasteiger partial charge in [0.05, 0.1) is 12.0 Å². The summed E-state index contributed by atoms with van der Waals surface area (Å²) >= 11 is 5.98. The van der Waals surface area contributed by atoms with Crippen molar-refractivity contribution in [2.45, 2.75) is 19.3 Å². The van der Waals surface area contributed by atoms with Crippen molar-refractivity contribution in [2.24, 2.45) is 0 Å². The van der Waals surface area contributed by atoms with Crippen LogP contribution in [0.1, 0.15) is 29.8 Å². The van der Waals surface area contributed by atoms with Crippen molar-refractivity contribution in [1.29, 1.82) is 0 Å². The first-order valence-electron chi connectivity index (χ1n) is 9.58. The van der Waals surface area contributed by atoms with Crippen molar-refractivity contribution < 1.29 is 14.0 Å². The summed E-state index contributed by atoms with van der Waals surface area (Å²) in [5.41, 5.74) is 1.65. The molecule has 0 unspecified atom stereocenters. The van der Waals surface area contributed by atoms with E-state index in [1.807, 2.05) is 17.0 Å². The second kappa shape index (κ2) is 8.53. The molecule has 8 heteroatoms. The molecule has 3 heterocycles. The van der Waals surface area contributed by atoms with Gasteiger partial charge in [-0.15, -0.1) is 0 Å². The third kappa shape index (κ3) is 4.35. The van der Waals surface area contributed by atoms with Crippen LogP contribution in [0.2, 0.25) is 5.02 Å². The molecule has 2 amide bonds. The number of nitrogens with one attached hydrogen (secondary N) is 1. The van der Waals surface area contributed by atoms with E-state index < -0.39 is 0 Å². The zero-order valence-corrected chi connectivity index (χ0v) is 16.6. The fraction of sp³-hybridized carbons (Fsp3) is 0.286. The smallest absolute Gasteiger partial charge is 0.271 e. The minimum Gasteiger partial charge on any atom is -0.463 e. The number of benzene rings is 1. The van der Waals surface area contributed by atoms with Gasteiger partial charge >= 0.3 is 0 Å². The van der Waals surface area contributed by atoms with Gasteiger partial charge < -0.3 is 14.6 Å². The number of carbonyl (C=O) groups excluding carboxylic acids is 2. The van der Waals surface area contributed by atoms with E-state index in [4.69, 9.17) is 16.0 Å². The van der Waals surface area contributed by atoms with Gasteiger partial charge in [-0.05, 0) is 49.2 Å². The van der Waals surface area contributed by atoms with Crippen LogP contribution in [0.3, 0.4) is 0 Å². The zero-order valence-electron chi connectivity index (χ0n) is 15.8. The molecule has 0 bridgehead atoms. The van der Waals surface area contributed by atoms with Gasteiger partial charge in [-0.1, -0.05) is 11.6 Å². The molecule has 3 aromatic rings. The van der Waals surface area contributed by atoms with E-state index in [1.54, 1.807) is 41.3 Å². The first kappa shape index (κ1) is 19.3. The molecule has 4 rings (SSSR count). The Morgan fingerprint density at radius 2 is 1.90 bits per heavy atom. The maximum atomic E-state index is 12.6. The quantitative estimate of drug-likeness (QED) is 0.671. The monoisotopic (exact) mass is 412 g/mol. The predicted molar refractivity (Wildman–Crippen MR) is 109 cm³/mol. The lowest BCUT2D eigenvalue weighted by atomic mass is 10.2. The van der Waals surface area contributed by atoms with Crippen molar-refractivity contribution in [2.75, 3.05) is 19.6 Å². The van der Waals surface area contributed by atoms with E-state index in [-0.39, 0.29) is 30.5 Å². The number of rotatable bonds is 6. The maximum absolute atomic E-state index is 12.6. The summed E-state index contributed by atoms with van der Waals surface area (Å²) in [4.78, 5) is 26.6. The average molecular weight is 413 g/mol. The Bertz CT molecular complexity index is 990. The van der Waals surface area contributed by atoms with Crippen LogP contribution in [0.25, 0.3) is 17.1 Å². The van der Waals surface area contributed by atoms with Gasteiger partial charge in [-0.25, -0.2) is 4.68 Å². The van der Waals surface area contributed by atoms with Gasteiger partial charge in [-0.3, -0.25) is 9.59 Å². The zero-order chi connectivity index (χ0) is 20.2. The van der Waals surface area contributed by atoms with Gasteiger partial charge in [0, 0.05) is 37.1 Å². The van der Waals surface area contributed by atoms with Gasteiger partial charge in [0.1, 0.15) is 5.69 Å². The first-order chi connectivity index (χ1) is 14.1. The summed E-state index contributed by atoms with van der Waals surface area (Å²) in [7, 11) is 0. The molecule has 150 valence electrons. The molecule has 0 radical (unpaired) electrons. The van der Waals surface area contributed by atoms with Crippen LogP contribution >= 0.6 is 11.6 Å². The molecule has 2 aromatic heterocycles. The van der Waals surface area contributed by atoms with Crippen LogP contribution in [0.4, 0.5) is 0 Å². The standard InChI is InChI=1S/C21H21ClN4O3/c22-15-5-7-16(8-6-15)26-18(19-4-3-13-29-19)14-17(24-26)21(28)23-10-9-20(27)25-11-1-2-12-25/h3-8,13-14H,1-2,9-12H2,(H,23,28). The van der Waals surface area contributed by atoms with E-state index in [2.05, 4.69) is 10.4 Å². The second-order valence-corrected chi connectivity index (χ2v) is 7.31. The lowest BCUT2D eigenvalue weighted by molar-refractivity contribution is -0.129. The molecule has 0 atom stereocenters. The van der Waals surface area contributed by atoms with E-state index >= 15 is 0 Å². The van der Waals surface area contributed by atoms with Crippen LogP contribution in [-0.2, 0) is 4.79 Å². The highest BCUT2D eigenvalue weighted by atomic mass is 35.5. The van der Waals surface area contributed by atoms with Crippen molar-refractivity contribution in [1.82, 2.24) is 20.0 Å². The SMILES string of the molecule is O=C(NCCC(=O)N1CCCC1)c1cc(-c2ccco2)n(-c2ccc(Cl)cc2)n1. The summed E-state index contributed by atoms with van der Waals surface area (Å²) in [6, 6.07) is 12.4. The second-order valence-electron chi connectivity index (χ2n) is 6.87. The molecular formula is C21H21ClN4O3. The molecule has 1 N–H and O–H groups in total. The number of furan rings is 1. The summed E-state index contributed by atoms with van der Waals surface area (Å²) in [5.74, 6) is 0.334. The molecule has 1 saturated heterocycles. The van der Waals surface area contributed by atoms with E-state index in [0.29, 0.717) is 16.5 Å². The Hall–Kier alpha value is -3.06. The summed E-state index contributed by atoms with van der Waals surface area (Å²) < 4.78 is 7.14. The highest BCUT2D eigenvalue weighted by Crippen LogP contribution is 2.25. The van der Waals surface area contributed by atoms with Gasteiger partial charge in [-0.2, -0.15) is 5.10 Å². The first-order valence-corrected chi connectivity index (χ1v) is 9.95. The minimum atomic E-state index is -0.334. The molecule has 1 fully saturated rings. The van der Waals surface area contributed by atoms with Crippen LogP contribution < -0.4 is 5.32 Å². The lowest BCUT2D eigenvalue weighted by Gasteiger charge is -2.14. The van der Waals surface area contributed by atoms with E-state index in [1.165, 1.54) is 0 Å². The normalized spacial score (nSPS) is 13.6. The van der Waals surface area contributed by atoms with Gasteiger partial charge in [0.2, 0.25) is 5.91 Å². The van der Waals surface area contributed by atoms with Crippen molar-refractivity contribution in [3.05, 3.63) is 59.4 Å². The van der Waals surface area contributed by atoms with Gasteiger partial charge in [0.15, 0.2) is 11.5 Å². The number of aromatic nitrogens is 2. The third-order valence-corrected chi connectivity index (χ3v) is 5.12. The fourth-order valence-electron chi connectivity index (χ4n) is 3.37. The van der Waals surface area contributed by atoms with Crippen molar-refractivity contribution in [3.8, 4) is 17.1 Å². The van der Waals surface area contributed by atoms with Crippen LogP contribution in [-0.4, -0.2) is 46.1 Å². The molecule has 29 heavy (non-hydrogen) atoms. The summed E-state index contributed by atoms with van der Waals surface area (Å²) in [6.07, 6.45) is 3.96. The number of halogens is 1. The maximum Gasteiger partial charge on any atom is 0.271 e. The topological polar surface area (TPSA) is 80.4 Å². The highest BCUT2D eigenvalue weighted by molar-refractivity contribution is 6.30. The third-order valence-electron chi connectivity index (χ3n) is 4.87. The number of amides is 2. The fourth-order valence-corrected chi connectivity index (χ4v) is 3.50. The van der Waals surface area contributed by atoms with Crippen molar-refractivity contribution >= 4 is 23.4 Å². The lowest BCUT2D eigenvalue weighted by Crippen LogP contribution is -2.32. The summed E-state index contributed by atoms with van der Waals surface area (Å²) in [6.45, 7) is 1.90. The average Bonchev–Trinajstić information content (AvgIpc) is 3.49. The molecule has 0 saturated carbocycles. The Labute approximate surface area is 173 Å². The number of likely N-dealkylation sites (tertiary alicyclic amines) is 1. The number of hydrogen-bond donors (Lipinski definition) is 1. The predicted octanol–water partition coefficient (Wildman–Crippen LogP) is 3.53. The van der Waals surface area contributed by atoms with Crippen molar-refractivity contribution in [3.63, 3.8) is 0 Å². The molecule has 0 aliphatic carbocycles.